The van der Waals surface area contributed by atoms with Crippen molar-refractivity contribution >= 4 is 35.1 Å². The molecule has 292 valence electrons. The van der Waals surface area contributed by atoms with Gasteiger partial charge in [0.2, 0.25) is 5.91 Å². The number of nitrogens with two attached hydrogens (primary N) is 1. The molecule has 0 spiro atoms. The van der Waals surface area contributed by atoms with Crippen LogP contribution in [0.25, 0.3) is 11.3 Å². The first-order valence-electron chi connectivity index (χ1n) is 15.4. The van der Waals surface area contributed by atoms with Gasteiger partial charge in [0.15, 0.2) is 11.6 Å². The number of carboxylic acid groups (broad SMARTS) is 2. The van der Waals surface area contributed by atoms with Crippen molar-refractivity contribution in [3.8, 4) is 22.8 Å². The van der Waals surface area contributed by atoms with E-state index in [9.17, 15) is 31.1 Å². The lowest BCUT2D eigenvalue weighted by molar-refractivity contribution is -0.193. The number of amidine groups is 1. The Kier molecular flexibility index (Phi) is 15.4. The topological polar surface area (TPSA) is 213 Å². The van der Waals surface area contributed by atoms with Crippen molar-refractivity contribution in [3.63, 3.8) is 0 Å². The minimum absolute atomic E-state index is 0.0532. The number of carbonyl (C=O) groups excluding carboxylic acids is 1. The molecule has 0 radical (unpaired) electrons. The quantitative estimate of drug-likeness (QED) is 0.0466. The second-order valence-corrected chi connectivity index (χ2v) is 11.0. The third kappa shape index (κ3) is 13.3. The number of H-pyrrole nitrogens is 1. The van der Waals surface area contributed by atoms with E-state index in [0.717, 1.165) is 5.56 Å². The molecule has 0 saturated carbocycles. The van der Waals surface area contributed by atoms with Crippen LogP contribution >= 0.6 is 0 Å². The molecule has 0 aliphatic heterocycles. The summed E-state index contributed by atoms with van der Waals surface area (Å²) in [5, 5.41) is 28.1. The summed E-state index contributed by atoms with van der Waals surface area (Å²) < 4.78 is 91.1. The number of carboxylic acids is 2. The Hall–Kier alpha value is -6.34. The van der Waals surface area contributed by atoms with E-state index < -0.39 is 36.2 Å². The number of hydrogen-bond acceptors (Lipinski definition) is 8. The highest BCUT2D eigenvalue weighted by Gasteiger charge is 2.39. The number of para-hydroxylation sites is 1. The fraction of sp³-hybridized carbons (Fsp3) is 0.265. The third-order valence-electron chi connectivity index (χ3n) is 6.41. The Morgan fingerprint density at radius 1 is 0.963 bits per heavy atom. The molecule has 1 aromatic heterocycles. The van der Waals surface area contributed by atoms with Crippen molar-refractivity contribution in [2.75, 3.05) is 17.2 Å². The molecule has 4 rings (SSSR count). The summed E-state index contributed by atoms with van der Waals surface area (Å²) in [6.45, 7) is 7.33. The molecule has 0 fully saturated rings. The molecule has 8 N–H and O–H groups in total. The Morgan fingerprint density at radius 2 is 1.52 bits per heavy atom. The van der Waals surface area contributed by atoms with E-state index in [-0.39, 0.29) is 29.2 Å². The van der Waals surface area contributed by atoms with Gasteiger partial charge in [-0.05, 0) is 57.2 Å². The van der Waals surface area contributed by atoms with Gasteiger partial charge in [-0.1, -0.05) is 18.2 Å². The Morgan fingerprint density at radius 3 is 2.00 bits per heavy atom. The zero-order chi connectivity index (χ0) is 41.0. The fourth-order valence-corrected chi connectivity index (χ4v) is 4.24. The molecule has 1 heterocycles. The number of nitrogen functional groups attached to an aromatic ring is 1. The van der Waals surface area contributed by atoms with Crippen molar-refractivity contribution in [1.82, 2.24) is 9.97 Å². The van der Waals surface area contributed by atoms with Gasteiger partial charge in [0, 0.05) is 35.4 Å². The van der Waals surface area contributed by atoms with E-state index in [1.165, 1.54) is 13.0 Å². The van der Waals surface area contributed by atoms with Crippen LogP contribution in [0.4, 0.5) is 42.1 Å². The van der Waals surface area contributed by atoms with Crippen LogP contribution in [0.5, 0.6) is 11.5 Å². The SMILES string of the molecule is CCOc1cc(OC(C)C)c(F)c(C(Nc2ccc(C(=N)N)cc2)c2ncc(-c3ccccc3NC(C)=O)[nH]2)c1.O=C(O)C(F)(F)F.O=C(O)C(F)(F)F. The molecule has 0 aliphatic carbocycles. The summed E-state index contributed by atoms with van der Waals surface area (Å²) in [5.41, 5.74) is 9.07. The van der Waals surface area contributed by atoms with Crippen molar-refractivity contribution in [3.05, 3.63) is 89.6 Å². The van der Waals surface area contributed by atoms with E-state index in [1.807, 2.05) is 39.0 Å². The van der Waals surface area contributed by atoms with Crippen LogP contribution in [0, 0.1) is 11.2 Å². The second kappa shape index (κ2) is 18.9. The van der Waals surface area contributed by atoms with Gasteiger partial charge in [-0.2, -0.15) is 26.3 Å². The maximum absolute atomic E-state index is 16.0. The Bertz CT molecular complexity index is 1890. The molecule has 3 aromatic carbocycles. The van der Waals surface area contributed by atoms with E-state index >= 15 is 4.39 Å². The molecular weight excluding hydrogens is 737 g/mol. The zero-order valence-electron chi connectivity index (χ0n) is 28.8. The molecule has 20 heteroatoms. The maximum atomic E-state index is 16.0. The van der Waals surface area contributed by atoms with Crippen molar-refractivity contribution in [1.29, 1.82) is 5.41 Å². The molecule has 1 amide bonds. The van der Waals surface area contributed by atoms with E-state index in [4.69, 9.17) is 40.4 Å². The first-order valence-corrected chi connectivity index (χ1v) is 15.4. The Balaban J connectivity index is 0.000000610. The van der Waals surface area contributed by atoms with Crippen molar-refractivity contribution in [2.45, 2.75) is 52.2 Å². The average molecular weight is 773 g/mol. The minimum Gasteiger partial charge on any atom is -0.494 e. The predicted octanol–water partition coefficient (Wildman–Crippen LogP) is 7.11. The molecule has 0 bridgehead atoms. The number of aromatic nitrogens is 2. The summed E-state index contributed by atoms with van der Waals surface area (Å²) in [5.74, 6) is -5.37. The molecule has 54 heavy (non-hydrogen) atoms. The third-order valence-corrected chi connectivity index (χ3v) is 6.41. The highest BCUT2D eigenvalue weighted by molar-refractivity contribution is 5.95. The zero-order valence-corrected chi connectivity index (χ0v) is 28.8. The molecule has 13 nitrogen and oxygen atoms in total. The number of alkyl halides is 6. The standard InChI is InChI=1S/C30H33FN6O3.2C2HF3O2/c1-5-39-21-14-23(27(31)26(15-21)40-17(2)3)28(36-20-12-10-19(11-13-20)29(32)33)30-34-16-25(37-30)22-8-6-7-9-24(22)35-18(4)38;2*3-2(4,5)1(6)7/h6-17,28,36H,5H2,1-4H3,(H3,32,33)(H,34,37)(H,35,38);2*(H,6,7). The van der Waals surface area contributed by atoms with E-state index in [2.05, 4.69) is 20.6 Å². The first-order chi connectivity index (χ1) is 25.0. The maximum Gasteiger partial charge on any atom is 0.490 e. The van der Waals surface area contributed by atoms with Crippen molar-refractivity contribution < 1.29 is 64.8 Å². The van der Waals surface area contributed by atoms with Crippen LogP contribution < -0.4 is 25.8 Å². The first kappa shape index (κ1) is 43.8. The number of benzene rings is 3. The summed E-state index contributed by atoms with van der Waals surface area (Å²) >= 11 is 0. The lowest BCUT2D eigenvalue weighted by Gasteiger charge is -2.22. The molecular formula is C34H35F7N6O7. The number of amides is 1. The Labute approximate surface area is 302 Å². The van der Waals surface area contributed by atoms with Crippen LogP contribution in [0.15, 0.2) is 66.9 Å². The number of nitrogens with one attached hydrogen (secondary N) is 4. The number of halogens is 7. The van der Waals surface area contributed by atoms with Gasteiger partial charge in [-0.15, -0.1) is 0 Å². The lowest BCUT2D eigenvalue weighted by atomic mass is 10.0. The number of aliphatic carboxylic acids is 2. The average Bonchev–Trinajstić information content (AvgIpc) is 3.55. The second-order valence-electron chi connectivity index (χ2n) is 11.0. The van der Waals surface area contributed by atoms with Gasteiger partial charge < -0.3 is 41.0 Å². The minimum atomic E-state index is -5.08. The van der Waals surface area contributed by atoms with Gasteiger partial charge in [-0.3, -0.25) is 10.2 Å². The molecule has 4 aromatic rings. The number of imidazole rings is 1. The number of aromatic amines is 1. The van der Waals surface area contributed by atoms with Gasteiger partial charge in [0.1, 0.15) is 23.5 Å². The summed E-state index contributed by atoms with van der Waals surface area (Å²) in [4.78, 5) is 37.5. The molecule has 0 aliphatic rings. The summed E-state index contributed by atoms with van der Waals surface area (Å²) in [7, 11) is 0. The largest absolute Gasteiger partial charge is 0.494 e. The molecule has 1 unspecified atom stereocenters. The number of hydrogen-bond donors (Lipinski definition) is 7. The highest BCUT2D eigenvalue weighted by Crippen LogP contribution is 2.37. The molecule has 1 atom stereocenters. The monoisotopic (exact) mass is 772 g/mol. The van der Waals surface area contributed by atoms with Crippen LogP contribution in [0.2, 0.25) is 0 Å². The van der Waals surface area contributed by atoms with Crippen molar-refractivity contribution in [2.24, 2.45) is 5.73 Å². The molecule has 0 saturated heterocycles. The van der Waals surface area contributed by atoms with Crippen LogP contribution in [0.1, 0.15) is 50.7 Å². The predicted molar refractivity (Wildman–Crippen MR) is 182 cm³/mol. The summed E-state index contributed by atoms with van der Waals surface area (Å²) in [6.07, 6.45) is -8.79. The van der Waals surface area contributed by atoms with Crippen LogP contribution in [-0.4, -0.2) is 68.9 Å². The van der Waals surface area contributed by atoms with Gasteiger partial charge in [0.05, 0.1) is 30.3 Å². The number of anilines is 2. The number of carbonyl (C=O) groups is 3. The number of ether oxygens (including phenoxy) is 2. The van der Waals surface area contributed by atoms with Gasteiger partial charge in [0.25, 0.3) is 0 Å². The normalized spacial score (nSPS) is 11.6. The fourth-order valence-electron chi connectivity index (χ4n) is 4.24. The highest BCUT2D eigenvalue weighted by atomic mass is 19.4. The van der Waals surface area contributed by atoms with E-state index in [1.54, 1.807) is 42.6 Å². The summed E-state index contributed by atoms with van der Waals surface area (Å²) in [6, 6.07) is 16.6. The van der Waals surface area contributed by atoms with Gasteiger partial charge in [-0.25, -0.2) is 19.0 Å². The van der Waals surface area contributed by atoms with Gasteiger partial charge >= 0.3 is 24.3 Å². The van der Waals surface area contributed by atoms with Crippen LogP contribution in [-0.2, 0) is 14.4 Å². The van der Waals surface area contributed by atoms with Crippen LogP contribution in [0.3, 0.4) is 0 Å². The number of nitrogens with zero attached hydrogens (tertiary/aromatic N) is 1. The smallest absolute Gasteiger partial charge is 0.490 e. The lowest BCUT2D eigenvalue weighted by Crippen LogP contribution is -2.21. The van der Waals surface area contributed by atoms with E-state index in [0.29, 0.717) is 40.8 Å². The number of rotatable bonds is 11.